The van der Waals surface area contributed by atoms with Gasteiger partial charge in [-0.15, -0.1) is 0 Å². The van der Waals surface area contributed by atoms with Crippen LogP contribution in [-0.4, -0.2) is 23.4 Å². The van der Waals surface area contributed by atoms with Crippen LogP contribution in [0.1, 0.15) is 17.9 Å². The topological polar surface area (TPSA) is 117 Å². The first-order chi connectivity index (χ1) is 13.1. The lowest BCUT2D eigenvalue weighted by Crippen LogP contribution is -2.43. The minimum Gasteiger partial charge on any atom is -0.484 e. The van der Waals surface area contributed by atoms with Crippen molar-refractivity contribution in [2.24, 2.45) is 0 Å². The number of aromatic nitrogens is 1. The normalized spacial score (nSPS) is 10.2. The largest absolute Gasteiger partial charge is 0.484 e. The average Bonchev–Trinajstić information content (AvgIpc) is 3.12. The number of amides is 2. The molecule has 27 heavy (non-hydrogen) atoms. The first-order valence-corrected chi connectivity index (χ1v) is 8.19. The molecule has 2 amide bonds. The predicted octanol–water partition coefficient (Wildman–Crippen LogP) is 1.86. The highest BCUT2D eigenvalue weighted by molar-refractivity contribution is 5.82. The van der Waals surface area contributed by atoms with Gasteiger partial charge in [0.2, 0.25) is 5.91 Å². The summed E-state index contributed by atoms with van der Waals surface area (Å²) >= 11 is 0. The quantitative estimate of drug-likeness (QED) is 0.645. The maximum Gasteiger partial charge on any atom is 0.276 e. The Bertz CT molecular complexity index is 956. The van der Waals surface area contributed by atoms with Gasteiger partial charge in [0, 0.05) is 12.8 Å². The number of hydrogen-bond donors (Lipinski definition) is 2. The second-order valence-electron chi connectivity index (χ2n) is 5.60. The molecule has 2 N–H and O–H groups in total. The van der Waals surface area contributed by atoms with E-state index in [9.17, 15) is 9.59 Å². The van der Waals surface area contributed by atoms with Crippen molar-refractivity contribution < 1.29 is 18.7 Å². The Kier molecular flexibility index (Phi) is 5.64. The van der Waals surface area contributed by atoms with Gasteiger partial charge in [-0.3, -0.25) is 20.4 Å². The Morgan fingerprint density at radius 2 is 1.81 bits per heavy atom. The highest BCUT2D eigenvalue weighted by Crippen LogP contribution is 2.15. The van der Waals surface area contributed by atoms with Crippen LogP contribution in [0.15, 0.2) is 52.9 Å². The molecule has 2 aromatic carbocycles. The van der Waals surface area contributed by atoms with Crippen LogP contribution in [0.2, 0.25) is 0 Å². The number of hydrogen-bond acceptors (Lipinski definition) is 6. The molecule has 0 aliphatic carbocycles. The number of carbonyl (C=O) groups is 2. The van der Waals surface area contributed by atoms with Crippen LogP contribution in [-0.2, 0) is 16.0 Å². The number of nitrogens with one attached hydrogen (secondary N) is 2. The molecule has 136 valence electrons. The van der Waals surface area contributed by atoms with E-state index in [0.717, 1.165) is 5.52 Å². The van der Waals surface area contributed by atoms with Crippen molar-refractivity contribution in [3.05, 3.63) is 60.0 Å². The van der Waals surface area contributed by atoms with Gasteiger partial charge >= 0.3 is 0 Å². The smallest absolute Gasteiger partial charge is 0.276 e. The van der Waals surface area contributed by atoms with Gasteiger partial charge in [-0.2, -0.15) is 5.26 Å². The Labute approximate surface area is 154 Å². The summed E-state index contributed by atoms with van der Waals surface area (Å²) in [7, 11) is 0. The SMILES string of the molecule is N#Cc1ccc(OCC(=O)NNC(=O)CCc2nc3ccccc3o2)cc1. The highest BCUT2D eigenvalue weighted by Gasteiger charge is 2.09. The van der Waals surface area contributed by atoms with Gasteiger partial charge in [-0.25, -0.2) is 4.98 Å². The van der Waals surface area contributed by atoms with E-state index in [-0.39, 0.29) is 18.9 Å². The van der Waals surface area contributed by atoms with Crippen LogP contribution in [0.4, 0.5) is 0 Å². The molecule has 0 spiro atoms. The number of nitriles is 1. The summed E-state index contributed by atoms with van der Waals surface area (Å²) in [5.74, 6) is 0.0341. The lowest BCUT2D eigenvalue weighted by atomic mass is 10.2. The van der Waals surface area contributed by atoms with E-state index in [1.165, 1.54) is 0 Å². The Balaban J connectivity index is 1.37. The van der Waals surface area contributed by atoms with Crippen molar-refractivity contribution in [1.82, 2.24) is 15.8 Å². The average molecular weight is 364 g/mol. The molecular weight excluding hydrogens is 348 g/mol. The summed E-state index contributed by atoms with van der Waals surface area (Å²) in [6, 6.07) is 15.7. The van der Waals surface area contributed by atoms with Crippen molar-refractivity contribution in [3.63, 3.8) is 0 Å². The molecule has 8 heteroatoms. The maximum absolute atomic E-state index is 11.8. The second-order valence-corrected chi connectivity index (χ2v) is 5.60. The molecular formula is C19H16N4O4. The summed E-state index contributed by atoms with van der Waals surface area (Å²) in [6.07, 6.45) is 0.432. The number of benzene rings is 2. The van der Waals surface area contributed by atoms with Crippen LogP contribution in [0.3, 0.4) is 0 Å². The van der Waals surface area contributed by atoms with Gasteiger partial charge in [-0.05, 0) is 36.4 Å². The zero-order valence-corrected chi connectivity index (χ0v) is 14.3. The number of ether oxygens (including phenoxy) is 1. The third kappa shape index (κ3) is 5.06. The van der Waals surface area contributed by atoms with Crippen LogP contribution in [0.5, 0.6) is 5.75 Å². The summed E-state index contributed by atoms with van der Waals surface area (Å²) in [5.41, 5.74) is 6.48. The lowest BCUT2D eigenvalue weighted by Gasteiger charge is -2.08. The van der Waals surface area contributed by atoms with Gasteiger partial charge in [-0.1, -0.05) is 12.1 Å². The molecule has 0 saturated heterocycles. The monoisotopic (exact) mass is 364 g/mol. The molecule has 0 fully saturated rings. The molecule has 0 aliphatic heterocycles. The third-order valence-electron chi connectivity index (χ3n) is 3.60. The van der Waals surface area contributed by atoms with Crippen LogP contribution < -0.4 is 15.6 Å². The molecule has 0 aliphatic rings. The first kappa shape index (κ1) is 17.9. The fourth-order valence-corrected chi connectivity index (χ4v) is 2.26. The minimum atomic E-state index is -0.505. The van der Waals surface area contributed by atoms with Crippen LogP contribution >= 0.6 is 0 Å². The molecule has 0 unspecified atom stereocenters. The van der Waals surface area contributed by atoms with Crippen molar-refractivity contribution in [1.29, 1.82) is 5.26 Å². The van der Waals surface area contributed by atoms with Crippen molar-refractivity contribution in [2.45, 2.75) is 12.8 Å². The Hall–Kier alpha value is -3.86. The van der Waals surface area contributed by atoms with Crippen LogP contribution in [0, 0.1) is 11.3 Å². The van der Waals surface area contributed by atoms with Crippen molar-refractivity contribution >= 4 is 22.9 Å². The Morgan fingerprint density at radius 1 is 1.07 bits per heavy atom. The number of para-hydroxylation sites is 2. The molecule has 8 nitrogen and oxygen atoms in total. The standard InChI is InChI=1S/C19H16N4O4/c20-11-13-5-7-14(8-6-13)26-12-18(25)23-22-17(24)9-10-19-21-15-3-1-2-4-16(15)27-19/h1-8H,9-10,12H2,(H,22,24)(H,23,25). The predicted molar refractivity (Wildman–Crippen MR) is 95.3 cm³/mol. The fraction of sp³-hybridized carbons (Fsp3) is 0.158. The summed E-state index contributed by atoms with van der Waals surface area (Å²) in [6.45, 7) is -0.267. The highest BCUT2D eigenvalue weighted by atomic mass is 16.5. The molecule has 3 aromatic rings. The number of rotatable bonds is 6. The lowest BCUT2D eigenvalue weighted by molar-refractivity contribution is -0.130. The number of hydrazine groups is 1. The molecule has 0 atom stereocenters. The van der Waals surface area contributed by atoms with E-state index in [0.29, 0.717) is 29.2 Å². The third-order valence-corrected chi connectivity index (χ3v) is 3.60. The summed E-state index contributed by atoms with van der Waals surface area (Å²) in [5, 5.41) is 8.72. The maximum atomic E-state index is 11.8. The number of nitrogens with zero attached hydrogens (tertiary/aromatic N) is 2. The summed E-state index contributed by atoms with van der Waals surface area (Å²) in [4.78, 5) is 27.8. The van der Waals surface area contributed by atoms with E-state index in [1.54, 1.807) is 30.3 Å². The van der Waals surface area contributed by atoms with Crippen molar-refractivity contribution in [3.8, 4) is 11.8 Å². The first-order valence-electron chi connectivity index (χ1n) is 8.19. The molecule has 3 rings (SSSR count). The number of fused-ring (bicyclic) bond motifs is 1. The van der Waals surface area contributed by atoms with Gasteiger partial charge < -0.3 is 9.15 Å². The van der Waals surface area contributed by atoms with Gasteiger partial charge in [0.15, 0.2) is 18.1 Å². The molecule has 0 saturated carbocycles. The number of carbonyl (C=O) groups excluding carboxylic acids is 2. The van der Waals surface area contributed by atoms with Gasteiger partial charge in [0.1, 0.15) is 11.3 Å². The zero-order valence-electron chi connectivity index (χ0n) is 14.3. The van der Waals surface area contributed by atoms with E-state index < -0.39 is 5.91 Å². The van der Waals surface area contributed by atoms with E-state index in [1.807, 2.05) is 24.3 Å². The molecule has 0 radical (unpaired) electrons. The van der Waals surface area contributed by atoms with E-state index >= 15 is 0 Å². The second kappa shape index (κ2) is 8.49. The fourth-order valence-electron chi connectivity index (χ4n) is 2.26. The zero-order chi connectivity index (χ0) is 19.1. The van der Waals surface area contributed by atoms with Crippen LogP contribution in [0.25, 0.3) is 11.1 Å². The van der Waals surface area contributed by atoms with Crippen molar-refractivity contribution in [2.75, 3.05) is 6.61 Å². The van der Waals surface area contributed by atoms with E-state index in [2.05, 4.69) is 15.8 Å². The minimum absolute atomic E-state index is 0.115. The van der Waals surface area contributed by atoms with Gasteiger partial charge in [0.05, 0.1) is 11.6 Å². The van der Waals surface area contributed by atoms with E-state index in [4.69, 9.17) is 14.4 Å². The number of oxazole rings is 1. The molecule has 0 bridgehead atoms. The molecule has 1 aromatic heterocycles. The molecule has 1 heterocycles. The number of aryl methyl sites for hydroxylation is 1. The summed E-state index contributed by atoms with van der Waals surface area (Å²) < 4.78 is 10.8. The van der Waals surface area contributed by atoms with Gasteiger partial charge in [0.25, 0.3) is 5.91 Å². The Morgan fingerprint density at radius 3 is 2.56 bits per heavy atom.